The van der Waals surface area contributed by atoms with Gasteiger partial charge in [-0.15, -0.1) is 0 Å². The Hall–Kier alpha value is -0.950. The van der Waals surface area contributed by atoms with E-state index >= 15 is 0 Å². The normalized spacial score (nSPS) is 25.8. The molecule has 1 aromatic heterocycles. The molecule has 0 radical (unpaired) electrons. The fourth-order valence-corrected chi connectivity index (χ4v) is 3.70. The van der Waals surface area contributed by atoms with E-state index in [-0.39, 0.29) is 17.9 Å². The molecule has 21 heavy (non-hydrogen) atoms. The van der Waals surface area contributed by atoms with E-state index in [1.54, 1.807) is 11.3 Å². The van der Waals surface area contributed by atoms with Crippen molar-refractivity contribution in [1.82, 2.24) is 4.90 Å². The topological polar surface area (TPSA) is 64.8 Å². The number of thiophene rings is 1. The van der Waals surface area contributed by atoms with E-state index < -0.39 is 6.04 Å². The summed E-state index contributed by atoms with van der Waals surface area (Å²) in [7, 11) is 0. The van der Waals surface area contributed by atoms with Crippen molar-refractivity contribution < 1.29 is 14.3 Å². The molecule has 3 heterocycles. The molecule has 2 unspecified atom stereocenters. The van der Waals surface area contributed by atoms with Gasteiger partial charge in [0.1, 0.15) is 6.10 Å². The lowest BCUT2D eigenvalue weighted by Crippen LogP contribution is -2.52. The van der Waals surface area contributed by atoms with Crippen LogP contribution in [0.25, 0.3) is 0 Å². The maximum absolute atomic E-state index is 12.6. The van der Waals surface area contributed by atoms with Gasteiger partial charge in [0.25, 0.3) is 0 Å². The van der Waals surface area contributed by atoms with Crippen molar-refractivity contribution in [2.75, 3.05) is 32.9 Å². The summed E-state index contributed by atoms with van der Waals surface area (Å²) >= 11 is 1.65. The van der Waals surface area contributed by atoms with Crippen molar-refractivity contribution >= 4 is 17.2 Å². The number of ether oxygens (including phenoxy) is 2. The van der Waals surface area contributed by atoms with Crippen molar-refractivity contribution in [3.8, 4) is 0 Å². The van der Waals surface area contributed by atoms with Crippen LogP contribution in [0.1, 0.15) is 24.5 Å². The second kappa shape index (κ2) is 6.87. The molecule has 6 heteroatoms. The molecule has 5 nitrogen and oxygen atoms in total. The lowest BCUT2D eigenvalue weighted by molar-refractivity contribution is -0.142. The van der Waals surface area contributed by atoms with Crippen LogP contribution in [0, 0.1) is 5.92 Å². The van der Waals surface area contributed by atoms with Crippen LogP contribution in [0.4, 0.5) is 0 Å². The summed E-state index contributed by atoms with van der Waals surface area (Å²) in [6.45, 7) is 3.24. The summed E-state index contributed by atoms with van der Waals surface area (Å²) in [6, 6.07) is 1.65. The summed E-state index contributed by atoms with van der Waals surface area (Å²) in [5.41, 5.74) is 7.35. The summed E-state index contributed by atoms with van der Waals surface area (Å²) in [5.74, 6) is 0.305. The van der Waals surface area contributed by atoms with E-state index in [9.17, 15) is 4.79 Å². The van der Waals surface area contributed by atoms with E-state index in [4.69, 9.17) is 15.2 Å². The second-order valence-corrected chi connectivity index (χ2v) is 6.46. The van der Waals surface area contributed by atoms with Gasteiger partial charge in [-0.2, -0.15) is 11.3 Å². The molecule has 0 saturated carbocycles. The number of hydrogen-bond donors (Lipinski definition) is 1. The molecule has 1 amide bonds. The molecule has 0 spiro atoms. The molecule has 2 N–H and O–H groups in total. The maximum Gasteiger partial charge on any atom is 0.239 e. The highest BCUT2D eigenvalue weighted by atomic mass is 32.1. The van der Waals surface area contributed by atoms with Crippen LogP contribution in [0.3, 0.4) is 0 Å². The molecular formula is C15H22N2O3S. The molecule has 2 aliphatic heterocycles. The lowest BCUT2D eigenvalue weighted by Gasteiger charge is -2.36. The highest BCUT2D eigenvalue weighted by molar-refractivity contribution is 7.07. The van der Waals surface area contributed by atoms with Gasteiger partial charge in [0.2, 0.25) is 5.91 Å². The van der Waals surface area contributed by atoms with E-state index in [0.717, 1.165) is 18.4 Å². The van der Waals surface area contributed by atoms with Crippen LogP contribution in [-0.4, -0.2) is 49.8 Å². The number of carbonyl (C=O) groups excluding carboxylic acids is 1. The van der Waals surface area contributed by atoms with Crippen LogP contribution in [0.5, 0.6) is 0 Å². The largest absolute Gasteiger partial charge is 0.381 e. The van der Waals surface area contributed by atoms with Gasteiger partial charge >= 0.3 is 0 Å². The zero-order valence-electron chi connectivity index (χ0n) is 12.1. The average Bonchev–Trinajstić information content (AvgIpc) is 3.09. The average molecular weight is 310 g/mol. The van der Waals surface area contributed by atoms with Gasteiger partial charge in [0.05, 0.1) is 19.2 Å². The summed E-state index contributed by atoms with van der Waals surface area (Å²) in [4.78, 5) is 14.5. The number of nitrogens with zero attached hydrogens (tertiary/aromatic N) is 1. The fourth-order valence-electron chi connectivity index (χ4n) is 3.00. The van der Waals surface area contributed by atoms with Crippen LogP contribution >= 0.6 is 11.3 Å². The first-order chi connectivity index (χ1) is 10.3. The van der Waals surface area contributed by atoms with E-state index in [1.165, 1.54) is 0 Å². The quantitative estimate of drug-likeness (QED) is 0.916. The number of hydrogen-bond acceptors (Lipinski definition) is 5. The van der Waals surface area contributed by atoms with Crippen molar-refractivity contribution in [3.05, 3.63) is 22.4 Å². The molecule has 0 aromatic carbocycles. The third-order valence-electron chi connectivity index (χ3n) is 4.35. The Morgan fingerprint density at radius 2 is 2.19 bits per heavy atom. The van der Waals surface area contributed by atoms with Gasteiger partial charge in [-0.25, -0.2) is 0 Å². The fraction of sp³-hybridized carbons (Fsp3) is 0.667. The van der Waals surface area contributed by atoms with Gasteiger partial charge in [-0.1, -0.05) is 0 Å². The lowest BCUT2D eigenvalue weighted by atomic mass is 9.91. The highest BCUT2D eigenvalue weighted by Crippen LogP contribution is 2.26. The number of amides is 1. The van der Waals surface area contributed by atoms with Crippen LogP contribution in [0.2, 0.25) is 0 Å². The smallest absolute Gasteiger partial charge is 0.239 e. The van der Waals surface area contributed by atoms with Crippen LogP contribution < -0.4 is 5.73 Å². The van der Waals surface area contributed by atoms with Gasteiger partial charge < -0.3 is 20.1 Å². The third-order valence-corrected chi connectivity index (χ3v) is 5.05. The highest BCUT2D eigenvalue weighted by Gasteiger charge is 2.33. The SMILES string of the molecule is NC(C(=O)N1CCOC(c2ccsc2)C1)C1CCOCC1. The number of morpholine rings is 1. The molecule has 2 saturated heterocycles. The number of nitrogens with two attached hydrogens (primary N) is 1. The monoisotopic (exact) mass is 310 g/mol. The Balaban J connectivity index is 1.61. The first-order valence-electron chi connectivity index (χ1n) is 7.51. The molecule has 116 valence electrons. The molecule has 2 fully saturated rings. The molecule has 0 bridgehead atoms. The van der Waals surface area contributed by atoms with Gasteiger partial charge in [-0.3, -0.25) is 4.79 Å². The van der Waals surface area contributed by atoms with Crippen molar-refractivity contribution in [2.45, 2.75) is 25.0 Å². The molecule has 1 aromatic rings. The van der Waals surface area contributed by atoms with Crippen LogP contribution in [0.15, 0.2) is 16.8 Å². The zero-order chi connectivity index (χ0) is 14.7. The molecule has 0 aliphatic carbocycles. The number of rotatable bonds is 3. The molecule has 2 aliphatic rings. The Morgan fingerprint density at radius 1 is 1.38 bits per heavy atom. The van der Waals surface area contributed by atoms with E-state index in [2.05, 4.69) is 11.4 Å². The minimum atomic E-state index is -0.407. The minimum Gasteiger partial charge on any atom is -0.381 e. The first kappa shape index (κ1) is 15.0. The van der Waals surface area contributed by atoms with E-state index in [0.29, 0.717) is 32.9 Å². The Morgan fingerprint density at radius 3 is 2.90 bits per heavy atom. The Labute approximate surface area is 129 Å². The Bertz CT molecular complexity index is 459. The second-order valence-electron chi connectivity index (χ2n) is 5.68. The predicted octanol–water partition coefficient (Wildman–Crippen LogP) is 1.40. The predicted molar refractivity (Wildman–Crippen MR) is 81.1 cm³/mol. The van der Waals surface area contributed by atoms with Crippen molar-refractivity contribution in [1.29, 1.82) is 0 Å². The van der Waals surface area contributed by atoms with Crippen LogP contribution in [-0.2, 0) is 14.3 Å². The van der Waals surface area contributed by atoms with E-state index in [1.807, 2.05) is 10.3 Å². The van der Waals surface area contributed by atoms with Gasteiger partial charge in [0, 0.05) is 19.8 Å². The summed E-state index contributed by atoms with van der Waals surface area (Å²) < 4.78 is 11.1. The first-order valence-corrected chi connectivity index (χ1v) is 8.46. The molecule has 3 rings (SSSR count). The number of carbonyl (C=O) groups is 1. The summed E-state index contributed by atoms with van der Waals surface area (Å²) in [5, 5.41) is 4.12. The summed E-state index contributed by atoms with van der Waals surface area (Å²) in [6.07, 6.45) is 1.74. The third kappa shape index (κ3) is 3.45. The zero-order valence-corrected chi connectivity index (χ0v) is 12.9. The Kier molecular flexibility index (Phi) is 4.90. The molecule has 2 atom stereocenters. The van der Waals surface area contributed by atoms with Crippen molar-refractivity contribution in [2.24, 2.45) is 11.7 Å². The van der Waals surface area contributed by atoms with Crippen molar-refractivity contribution in [3.63, 3.8) is 0 Å². The molecular weight excluding hydrogens is 288 g/mol. The van der Waals surface area contributed by atoms with Gasteiger partial charge in [-0.05, 0) is 41.1 Å². The standard InChI is InChI=1S/C15H22N2O3S/c16-14(11-1-5-19-6-2-11)15(18)17-4-7-20-13(9-17)12-3-8-21-10-12/h3,8,10-11,13-14H,1-2,4-7,9,16H2. The maximum atomic E-state index is 12.6. The van der Waals surface area contributed by atoms with Gasteiger partial charge in [0.15, 0.2) is 0 Å². The minimum absolute atomic E-state index is 0.0177.